The summed E-state index contributed by atoms with van der Waals surface area (Å²) >= 11 is 0. The quantitative estimate of drug-likeness (QED) is 0.700. The maximum absolute atomic E-state index is 13.9. The summed E-state index contributed by atoms with van der Waals surface area (Å²) in [6.45, 7) is 7.85. The molecule has 0 aliphatic heterocycles. The number of hydrogen-bond acceptors (Lipinski definition) is 4. The predicted octanol–water partition coefficient (Wildman–Crippen LogP) is 3.32. The molecular weight excluding hydrogens is 356 g/mol. The third-order valence-electron chi connectivity index (χ3n) is 4.34. The van der Waals surface area contributed by atoms with E-state index in [1.165, 1.54) is 12.1 Å². The third kappa shape index (κ3) is 5.99. The molecule has 2 rings (SSSR count). The molecule has 1 aliphatic carbocycles. The van der Waals surface area contributed by atoms with Crippen molar-refractivity contribution in [1.29, 1.82) is 0 Å². The van der Waals surface area contributed by atoms with Gasteiger partial charge in [0.25, 0.3) is 0 Å². The van der Waals surface area contributed by atoms with Gasteiger partial charge in [-0.2, -0.15) is 0 Å². The van der Waals surface area contributed by atoms with E-state index in [1.54, 1.807) is 6.92 Å². The van der Waals surface area contributed by atoms with Crippen LogP contribution in [-0.2, 0) is 19.1 Å². The molecule has 27 heavy (non-hydrogen) atoms. The van der Waals surface area contributed by atoms with Crippen LogP contribution in [-0.4, -0.2) is 36.7 Å². The lowest BCUT2D eigenvalue weighted by Crippen LogP contribution is -2.43. The van der Waals surface area contributed by atoms with Crippen LogP contribution >= 0.6 is 0 Å². The zero-order valence-corrected chi connectivity index (χ0v) is 16.2. The lowest BCUT2D eigenvalue weighted by Gasteiger charge is -2.22. The topological polar surface area (TPSA) is 64.6 Å². The summed E-state index contributed by atoms with van der Waals surface area (Å²) in [5, 5.41) is 2.67. The zero-order chi connectivity index (χ0) is 20.2. The molecule has 1 saturated carbocycles. The van der Waals surface area contributed by atoms with E-state index in [2.05, 4.69) is 5.32 Å². The fourth-order valence-corrected chi connectivity index (χ4v) is 2.89. The summed E-state index contributed by atoms with van der Waals surface area (Å²) in [7, 11) is 0. The van der Waals surface area contributed by atoms with E-state index in [1.807, 2.05) is 20.8 Å². The van der Waals surface area contributed by atoms with E-state index in [0.717, 1.165) is 6.07 Å². The first kappa shape index (κ1) is 21.3. The van der Waals surface area contributed by atoms with Crippen molar-refractivity contribution < 1.29 is 27.8 Å². The molecule has 0 radical (unpaired) electrons. The number of hydrogen-bond donors (Lipinski definition) is 1. The SMILES string of the molecule is CCOC(=O)[C@H](CCOC(C)(C)C)NC(=O)[C@H]1C[C@@H]1c1cccc(F)c1F. The minimum Gasteiger partial charge on any atom is -0.464 e. The molecule has 0 heterocycles. The van der Waals surface area contributed by atoms with E-state index >= 15 is 0 Å². The highest BCUT2D eigenvalue weighted by molar-refractivity contribution is 5.88. The Morgan fingerprint density at radius 1 is 1.30 bits per heavy atom. The highest BCUT2D eigenvalue weighted by Gasteiger charge is 2.46. The Morgan fingerprint density at radius 2 is 2.00 bits per heavy atom. The van der Waals surface area contributed by atoms with Crippen LogP contribution in [0.3, 0.4) is 0 Å². The van der Waals surface area contributed by atoms with Crippen LogP contribution < -0.4 is 5.32 Å². The fraction of sp³-hybridized carbons (Fsp3) is 0.600. The summed E-state index contributed by atoms with van der Waals surface area (Å²) in [4.78, 5) is 24.6. The van der Waals surface area contributed by atoms with E-state index in [-0.39, 0.29) is 42.6 Å². The Hall–Kier alpha value is -2.02. The molecule has 1 aliphatic rings. The summed E-state index contributed by atoms with van der Waals surface area (Å²) in [5.74, 6) is -3.60. The van der Waals surface area contributed by atoms with Crippen molar-refractivity contribution in [1.82, 2.24) is 5.32 Å². The van der Waals surface area contributed by atoms with Crippen molar-refractivity contribution >= 4 is 11.9 Å². The van der Waals surface area contributed by atoms with Gasteiger partial charge in [-0.15, -0.1) is 0 Å². The third-order valence-corrected chi connectivity index (χ3v) is 4.34. The number of nitrogens with one attached hydrogen (secondary N) is 1. The van der Waals surface area contributed by atoms with Crippen LogP contribution in [0.4, 0.5) is 8.78 Å². The van der Waals surface area contributed by atoms with E-state index in [9.17, 15) is 18.4 Å². The molecule has 0 unspecified atom stereocenters. The van der Waals surface area contributed by atoms with E-state index in [4.69, 9.17) is 9.47 Å². The molecule has 1 amide bonds. The summed E-state index contributed by atoms with van der Waals surface area (Å²) in [5.41, 5.74) is -0.168. The molecule has 1 fully saturated rings. The van der Waals surface area contributed by atoms with Crippen LogP contribution in [0.15, 0.2) is 18.2 Å². The van der Waals surface area contributed by atoms with Crippen molar-refractivity contribution in [2.24, 2.45) is 5.92 Å². The Balaban J connectivity index is 1.97. The van der Waals surface area contributed by atoms with E-state index < -0.39 is 29.6 Å². The smallest absolute Gasteiger partial charge is 0.328 e. The second-order valence-corrected chi connectivity index (χ2v) is 7.65. The van der Waals surface area contributed by atoms with Crippen molar-refractivity contribution in [2.45, 2.75) is 58.1 Å². The van der Waals surface area contributed by atoms with Crippen LogP contribution in [0.1, 0.15) is 52.0 Å². The number of amides is 1. The molecule has 1 aromatic rings. The van der Waals surface area contributed by atoms with Crippen molar-refractivity contribution in [3.05, 3.63) is 35.4 Å². The number of halogens is 2. The Bertz CT molecular complexity index is 687. The van der Waals surface area contributed by atoms with Gasteiger partial charge in [0, 0.05) is 18.9 Å². The second-order valence-electron chi connectivity index (χ2n) is 7.65. The Morgan fingerprint density at radius 3 is 2.63 bits per heavy atom. The largest absolute Gasteiger partial charge is 0.464 e. The van der Waals surface area contributed by atoms with Crippen molar-refractivity contribution in [2.75, 3.05) is 13.2 Å². The molecule has 7 heteroatoms. The minimum absolute atomic E-state index is 0.193. The summed E-state index contributed by atoms with van der Waals surface area (Å²) < 4.78 is 37.9. The van der Waals surface area contributed by atoms with Gasteiger partial charge in [0.1, 0.15) is 6.04 Å². The number of esters is 1. The van der Waals surface area contributed by atoms with Gasteiger partial charge in [-0.1, -0.05) is 12.1 Å². The maximum Gasteiger partial charge on any atom is 0.328 e. The van der Waals surface area contributed by atoms with Gasteiger partial charge < -0.3 is 14.8 Å². The highest BCUT2D eigenvalue weighted by Crippen LogP contribution is 2.48. The van der Waals surface area contributed by atoms with Gasteiger partial charge in [0.15, 0.2) is 11.6 Å². The van der Waals surface area contributed by atoms with Gasteiger partial charge in [0.05, 0.1) is 12.2 Å². The molecule has 0 spiro atoms. The number of rotatable bonds is 8. The van der Waals surface area contributed by atoms with Crippen molar-refractivity contribution in [3.8, 4) is 0 Å². The number of benzene rings is 1. The van der Waals surface area contributed by atoms with Gasteiger partial charge >= 0.3 is 5.97 Å². The van der Waals surface area contributed by atoms with Crippen LogP contribution in [0, 0.1) is 17.6 Å². The molecule has 0 saturated heterocycles. The molecule has 1 N–H and O–H groups in total. The zero-order valence-electron chi connectivity index (χ0n) is 16.2. The molecule has 0 bridgehead atoms. The monoisotopic (exact) mass is 383 g/mol. The van der Waals surface area contributed by atoms with Gasteiger partial charge in [-0.3, -0.25) is 4.79 Å². The van der Waals surface area contributed by atoms with Crippen LogP contribution in [0.25, 0.3) is 0 Å². The Kier molecular flexibility index (Phi) is 6.92. The first-order valence-electron chi connectivity index (χ1n) is 9.19. The molecule has 0 aromatic heterocycles. The maximum atomic E-state index is 13.9. The second kappa shape index (κ2) is 8.78. The van der Waals surface area contributed by atoms with Crippen LogP contribution in [0.5, 0.6) is 0 Å². The molecular formula is C20H27F2NO4. The molecule has 150 valence electrons. The van der Waals surface area contributed by atoms with Gasteiger partial charge in [-0.25, -0.2) is 13.6 Å². The predicted molar refractivity (Wildman–Crippen MR) is 96.1 cm³/mol. The summed E-state index contributed by atoms with van der Waals surface area (Å²) in [6, 6.07) is 3.11. The lowest BCUT2D eigenvalue weighted by molar-refractivity contribution is -0.148. The van der Waals surface area contributed by atoms with E-state index in [0.29, 0.717) is 6.42 Å². The first-order chi connectivity index (χ1) is 12.6. The lowest BCUT2D eigenvalue weighted by atomic mass is 10.1. The number of ether oxygens (including phenoxy) is 2. The normalized spacial score (nSPS) is 20.1. The molecule has 1 aromatic carbocycles. The number of carbonyl (C=O) groups excluding carboxylic acids is 2. The molecule has 3 atom stereocenters. The first-order valence-corrected chi connectivity index (χ1v) is 9.19. The highest BCUT2D eigenvalue weighted by atomic mass is 19.2. The average molecular weight is 383 g/mol. The van der Waals surface area contributed by atoms with Gasteiger partial charge in [0.2, 0.25) is 5.91 Å². The van der Waals surface area contributed by atoms with Crippen LogP contribution in [0.2, 0.25) is 0 Å². The Labute approximate surface area is 158 Å². The minimum atomic E-state index is -0.928. The molecule has 5 nitrogen and oxygen atoms in total. The standard InChI is InChI=1S/C20H27F2NO4/c1-5-26-19(25)16(9-10-27-20(2,3)4)23-18(24)14-11-13(14)12-7-6-8-15(21)17(12)22/h6-8,13-14,16H,5,9-11H2,1-4H3,(H,23,24)/t13-,14+,16+/m1/s1. The average Bonchev–Trinajstić information content (AvgIpc) is 3.36. The summed E-state index contributed by atoms with van der Waals surface area (Å²) in [6.07, 6.45) is 0.688. The van der Waals surface area contributed by atoms with Gasteiger partial charge in [-0.05, 0) is 51.7 Å². The fourth-order valence-electron chi connectivity index (χ4n) is 2.89. The number of carbonyl (C=O) groups is 2. The van der Waals surface area contributed by atoms with Crippen molar-refractivity contribution in [3.63, 3.8) is 0 Å².